The van der Waals surface area contributed by atoms with Gasteiger partial charge in [0.25, 0.3) is 5.56 Å². The molecule has 6 heteroatoms. The first-order chi connectivity index (χ1) is 9.29. The fourth-order valence-corrected chi connectivity index (χ4v) is 1.60. The number of amides is 1. The smallest absolute Gasteiger partial charge is 0.252 e. The highest BCUT2D eigenvalue weighted by molar-refractivity contribution is 5.80. The zero-order chi connectivity index (χ0) is 15.3. The predicted octanol–water partition coefficient (Wildman–Crippen LogP) is 1.10. The van der Waals surface area contributed by atoms with Gasteiger partial charge in [-0.1, -0.05) is 27.7 Å². The van der Waals surface area contributed by atoms with Crippen molar-refractivity contribution in [3.63, 3.8) is 0 Å². The third kappa shape index (κ3) is 5.03. The molecule has 1 aromatic heterocycles. The van der Waals surface area contributed by atoms with Crippen molar-refractivity contribution < 1.29 is 4.79 Å². The molecule has 0 aromatic carbocycles. The number of aromatic amines is 1. The quantitative estimate of drug-likeness (QED) is 0.818. The molecule has 1 amide bonds. The van der Waals surface area contributed by atoms with Crippen molar-refractivity contribution >= 4 is 11.7 Å². The van der Waals surface area contributed by atoms with Gasteiger partial charge in [-0.3, -0.25) is 9.59 Å². The topological polar surface area (TPSA) is 78.1 Å². The summed E-state index contributed by atoms with van der Waals surface area (Å²) in [6.07, 6.45) is 0. The summed E-state index contributed by atoms with van der Waals surface area (Å²) >= 11 is 0. The minimum absolute atomic E-state index is 0.0746. The van der Waals surface area contributed by atoms with Crippen LogP contribution in [0.3, 0.4) is 0 Å². The minimum atomic E-state index is -0.201. The number of aromatic nitrogens is 2. The molecule has 0 unspecified atom stereocenters. The lowest BCUT2D eigenvalue weighted by molar-refractivity contribution is -0.119. The normalized spacial score (nSPS) is 10.9. The Labute approximate surface area is 119 Å². The van der Waals surface area contributed by atoms with E-state index in [9.17, 15) is 9.59 Å². The summed E-state index contributed by atoms with van der Waals surface area (Å²) < 4.78 is 0. The molecule has 0 bridgehead atoms. The SMILES string of the molecule is CC(C)CNC(=O)CN(C)c1cc(=O)[nH]c(C(C)C)n1. The van der Waals surface area contributed by atoms with Gasteiger partial charge in [0.2, 0.25) is 5.91 Å². The lowest BCUT2D eigenvalue weighted by Crippen LogP contribution is -2.37. The van der Waals surface area contributed by atoms with E-state index in [-0.39, 0.29) is 23.9 Å². The number of H-pyrrole nitrogens is 1. The highest BCUT2D eigenvalue weighted by atomic mass is 16.2. The number of carbonyl (C=O) groups is 1. The molecule has 0 aliphatic heterocycles. The Morgan fingerprint density at radius 1 is 1.40 bits per heavy atom. The molecule has 112 valence electrons. The standard InChI is InChI=1S/C14H24N4O2/c1-9(2)7-15-13(20)8-18(5)11-6-12(19)17-14(16-11)10(3)4/h6,9-10H,7-8H2,1-5H3,(H,15,20)(H,16,17,19). The summed E-state index contributed by atoms with van der Waals surface area (Å²) in [5.74, 6) is 1.61. The van der Waals surface area contributed by atoms with Gasteiger partial charge in [-0.05, 0) is 5.92 Å². The maximum absolute atomic E-state index is 11.8. The predicted molar refractivity (Wildman–Crippen MR) is 80.1 cm³/mol. The average molecular weight is 280 g/mol. The van der Waals surface area contributed by atoms with Gasteiger partial charge >= 0.3 is 0 Å². The second-order valence-corrected chi connectivity index (χ2v) is 5.70. The molecule has 0 fully saturated rings. The van der Waals surface area contributed by atoms with E-state index in [4.69, 9.17) is 0 Å². The Bertz CT molecular complexity index is 508. The largest absolute Gasteiger partial charge is 0.354 e. The van der Waals surface area contributed by atoms with Crippen LogP contribution in [0.4, 0.5) is 5.82 Å². The van der Waals surface area contributed by atoms with Crippen LogP contribution in [0, 0.1) is 5.92 Å². The van der Waals surface area contributed by atoms with Gasteiger partial charge in [0.15, 0.2) is 0 Å². The molecular weight excluding hydrogens is 256 g/mol. The zero-order valence-corrected chi connectivity index (χ0v) is 12.9. The molecule has 0 saturated carbocycles. The van der Waals surface area contributed by atoms with Crippen LogP contribution in [0.25, 0.3) is 0 Å². The number of carbonyl (C=O) groups excluding carboxylic acids is 1. The fraction of sp³-hybridized carbons (Fsp3) is 0.643. The van der Waals surface area contributed by atoms with E-state index >= 15 is 0 Å². The Morgan fingerprint density at radius 3 is 2.60 bits per heavy atom. The Kier molecular flexibility index (Phi) is 5.73. The van der Waals surface area contributed by atoms with Crippen LogP contribution in [-0.4, -0.2) is 36.0 Å². The lowest BCUT2D eigenvalue weighted by atomic mass is 10.2. The number of hydrogen-bond acceptors (Lipinski definition) is 4. The summed E-state index contributed by atoms with van der Waals surface area (Å²) in [5.41, 5.74) is -0.201. The van der Waals surface area contributed by atoms with Crippen molar-refractivity contribution in [2.24, 2.45) is 5.92 Å². The van der Waals surface area contributed by atoms with Crippen molar-refractivity contribution in [1.82, 2.24) is 15.3 Å². The molecule has 2 N–H and O–H groups in total. The van der Waals surface area contributed by atoms with Crippen LogP contribution in [0.1, 0.15) is 39.4 Å². The number of rotatable bonds is 6. The Balaban J connectivity index is 2.74. The van der Waals surface area contributed by atoms with Crippen LogP contribution < -0.4 is 15.8 Å². The molecule has 0 aliphatic carbocycles. The van der Waals surface area contributed by atoms with Gasteiger partial charge < -0.3 is 15.2 Å². The molecule has 6 nitrogen and oxygen atoms in total. The summed E-state index contributed by atoms with van der Waals surface area (Å²) in [6, 6.07) is 1.40. The lowest BCUT2D eigenvalue weighted by Gasteiger charge is -2.19. The summed E-state index contributed by atoms with van der Waals surface area (Å²) in [5, 5.41) is 2.84. The third-order valence-corrected chi connectivity index (χ3v) is 2.77. The maximum atomic E-state index is 11.8. The molecule has 20 heavy (non-hydrogen) atoms. The van der Waals surface area contributed by atoms with Crippen molar-refractivity contribution in [3.05, 3.63) is 22.2 Å². The van der Waals surface area contributed by atoms with Crippen LogP contribution in [0.2, 0.25) is 0 Å². The van der Waals surface area contributed by atoms with Crippen molar-refractivity contribution in [1.29, 1.82) is 0 Å². The van der Waals surface area contributed by atoms with E-state index in [0.717, 1.165) is 0 Å². The molecule has 0 spiro atoms. The van der Waals surface area contributed by atoms with E-state index in [0.29, 0.717) is 24.1 Å². The van der Waals surface area contributed by atoms with Gasteiger partial charge in [0.1, 0.15) is 11.6 Å². The van der Waals surface area contributed by atoms with Crippen LogP contribution in [-0.2, 0) is 4.79 Å². The molecule has 1 aromatic rings. The molecular formula is C14H24N4O2. The van der Waals surface area contributed by atoms with Crippen molar-refractivity contribution in [2.75, 3.05) is 25.0 Å². The fourth-order valence-electron chi connectivity index (χ4n) is 1.60. The molecule has 0 aliphatic rings. The average Bonchev–Trinajstić information content (AvgIpc) is 2.35. The van der Waals surface area contributed by atoms with Gasteiger partial charge in [-0.25, -0.2) is 4.98 Å². The first kappa shape index (κ1) is 16.2. The summed E-state index contributed by atoms with van der Waals surface area (Å²) in [6.45, 7) is 8.82. The third-order valence-electron chi connectivity index (χ3n) is 2.77. The Hall–Kier alpha value is -1.85. The number of anilines is 1. The van der Waals surface area contributed by atoms with E-state index < -0.39 is 0 Å². The number of nitrogens with one attached hydrogen (secondary N) is 2. The minimum Gasteiger partial charge on any atom is -0.354 e. The first-order valence-electron chi connectivity index (χ1n) is 6.88. The highest BCUT2D eigenvalue weighted by Gasteiger charge is 2.12. The first-order valence-corrected chi connectivity index (χ1v) is 6.88. The van der Waals surface area contributed by atoms with Crippen molar-refractivity contribution in [2.45, 2.75) is 33.6 Å². The summed E-state index contributed by atoms with van der Waals surface area (Å²) in [7, 11) is 1.75. The molecule has 0 atom stereocenters. The van der Waals surface area contributed by atoms with E-state index in [1.807, 2.05) is 27.7 Å². The zero-order valence-electron chi connectivity index (χ0n) is 12.9. The van der Waals surface area contributed by atoms with Gasteiger partial charge in [-0.15, -0.1) is 0 Å². The van der Waals surface area contributed by atoms with E-state index in [1.165, 1.54) is 6.07 Å². The molecule has 1 rings (SSSR count). The molecule has 0 radical (unpaired) electrons. The summed E-state index contributed by atoms with van der Waals surface area (Å²) in [4.78, 5) is 32.1. The van der Waals surface area contributed by atoms with Gasteiger partial charge in [0.05, 0.1) is 6.54 Å². The van der Waals surface area contributed by atoms with Crippen molar-refractivity contribution in [3.8, 4) is 0 Å². The number of nitrogens with zero attached hydrogens (tertiary/aromatic N) is 2. The van der Waals surface area contributed by atoms with Crippen LogP contribution >= 0.6 is 0 Å². The molecule has 0 saturated heterocycles. The maximum Gasteiger partial charge on any atom is 0.252 e. The van der Waals surface area contributed by atoms with E-state index in [2.05, 4.69) is 15.3 Å². The number of hydrogen-bond donors (Lipinski definition) is 2. The Morgan fingerprint density at radius 2 is 2.05 bits per heavy atom. The molecule has 1 heterocycles. The van der Waals surface area contributed by atoms with Gasteiger partial charge in [0, 0.05) is 25.6 Å². The van der Waals surface area contributed by atoms with Gasteiger partial charge in [-0.2, -0.15) is 0 Å². The van der Waals surface area contributed by atoms with Crippen LogP contribution in [0.15, 0.2) is 10.9 Å². The van der Waals surface area contributed by atoms with Crippen LogP contribution in [0.5, 0.6) is 0 Å². The number of likely N-dealkylation sites (N-methyl/N-ethyl adjacent to an activating group) is 1. The highest BCUT2D eigenvalue weighted by Crippen LogP contribution is 2.11. The second kappa shape index (κ2) is 7.07. The van der Waals surface area contributed by atoms with E-state index in [1.54, 1.807) is 11.9 Å². The monoisotopic (exact) mass is 280 g/mol. The second-order valence-electron chi connectivity index (χ2n) is 5.70.